The molecule has 0 nitrogen and oxygen atoms in total. The summed E-state index contributed by atoms with van der Waals surface area (Å²) in [5.41, 5.74) is 3.03. The Morgan fingerprint density at radius 3 is 2.07 bits per heavy atom. The number of hydrogen-bond donors (Lipinski definition) is 0. The van der Waals surface area contributed by atoms with Crippen LogP contribution in [0.3, 0.4) is 0 Å². The van der Waals surface area contributed by atoms with Crippen molar-refractivity contribution in [3.05, 3.63) is 35.4 Å². The minimum absolute atomic E-state index is 0.248. The van der Waals surface area contributed by atoms with Gasteiger partial charge in [-0.2, -0.15) is 0 Å². The van der Waals surface area contributed by atoms with Crippen LogP contribution in [0.15, 0.2) is 24.3 Å². The van der Waals surface area contributed by atoms with Gasteiger partial charge in [-0.1, -0.05) is 45.0 Å². The van der Waals surface area contributed by atoms with Gasteiger partial charge in [0.15, 0.2) is 0 Å². The zero-order valence-corrected chi connectivity index (χ0v) is 10.9. The molecule has 0 fully saturated rings. The Morgan fingerprint density at radius 1 is 1.13 bits per heavy atom. The zero-order valence-electron chi connectivity index (χ0n) is 10.2. The van der Waals surface area contributed by atoms with E-state index in [2.05, 4.69) is 45.0 Å². The summed E-state index contributed by atoms with van der Waals surface area (Å²) in [6.45, 7) is 8.76. The first-order valence-corrected chi connectivity index (χ1v) is 6.07. The lowest BCUT2D eigenvalue weighted by atomic mass is 9.86. The highest BCUT2D eigenvalue weighted by Crippen LogP contribution is 2.22. The second-order valence-electron chi connectivity index (χ2n) is 5.27. The van der Waals surface area contributed by atoms with E-state index >= 15 is 0 Å². The molecule has 0 saturated heterocycles. The molecular weight excluding hydrogens is 204 g/mol. The molecule has 0 aliphatic rings. The van der Waals surface area contributed by atoms with Crippen molar-refractivity contribution in [3.8, 4) is 0 Å². The molecule has 15 heavy (non-hydrogen) atoms. The topological polar surface area (TPSA) is 0 Å². The molecule has 0 amide bonds. The maximum absolute atomic E-state index is 5.93. The second kappa shape index (κ2) is 5.03. The number of aryl methyl sites for hydroxylation is 1. The van der Waals surface area contributed by atoms with Gasteiger partial charge in [-0.05, 0) is 36.3 Å². The first-order chi connectivity index (χ1) is 6.89. The van der Waals surface area contributed by atoms with Gasteiger partial charge in [0.25, 0.3) is 0 Å². The smallest absolute Gasteiger partial charge is 0.0311 e. The molecule has 0 aliphatic heterocycles. The molecule has 1 unspecified atom stereocenters. The summed E-state index contributed by atoms with van der Waals surface area (Å²) in [5, 5.41) is 0.271. The largest absolute Gasteiger partial charge is 0.123 e. The number of hydrogen-bond acceptors (Lipinski definition) is 0. The van der Waals surface area contributed by atoms with Crippen LogP contribution in [0.5, 0.6) is 0 Å². The highest BCUT2D eigenvalue weighted by atomic mass is 35.5. The Morgan fingerprint density at radius 2 is 1.67 bits per heavy atom. The fraction of sp³-hybridized carbons (Fsp3) is 0.571. The molecule has 0 N–H and O–H groups in total. The van der Waals surface area contributed by atoms with E-state index in [9.17, 15) is 0 Å². The molecule has 0 saturated carbocycles. The monoisotopic (exact) mass is 224 g/mol. The Balaban J connectivity index is 2.65. The van der Waals surface area contributed by atoms with Crippen molar-refractivity contribution in [1.82, 2.24) is 0 Å². The first-order valence-electron chi connectivity index (χ1n) is 5.63. The molecule has 0 bridgehead atoms. The van der Waals surface area contributed by atoms with Crippen LogP contribution in [-0.4, -0.2) is 5.38 Å². The molecule has 0 aromatic heterocycles. The van der Waals surface area contributed by atoms with Crippen LogP contribution >= 0.6 is 11.6 Å². The standard InChI is InChI=1S/C14H21Cl/c1-11(15)5-6-12-7-9-13(10-8-12)14(2,3)4/h7-11H,5-6H2,1-4H3. The second-order valence-corrected chi connectivity index (χ2v) is 6.01. The molecule has 1 aromatic carbocycles. The maximum atomic E-state index is 5.93. The average molecular weight is 225 g/mol. The highest BCUT2D eigenvalue weighted by molar-refractivity contribution is 6.20. The van der Waals surface area contributed by atoms with Crippen LogP contribution in [0.25, 0.3) is 0 Å². The Hall–Kier alpha value is -0.490. The molecule has 0 aliphatic carbocycles. The summed E-state index contributed by atoms with van der Waals surface area (Å²) in [5.74, 6) is 0. The van der Waals surface area contributed by atoms with Crippen molar-refractivity contribution in [2.24, 2.45) is 0 Å². The summed E-state index contributed by atoms with van der Waals surface area (Å²) in [4.78, 5) is 0. The molecule has 1 rings (SSSR count). The third kappa shape index (κ3) is 4.25. The third-order valence-electron chi connectivity index (χ3n) is 2.65. The average Bonchev–Trinajstić information content (AvgIpc) is 2.14. The van der Waals surface area contributed by atoms with Crippen molar-refractivity contribution >= 4 is 11.6 Å². The predicted molar refractivity (Wildman–Crippen MR) is 68.8 cm³/mol. The SMILES string of the molecule is CC(Cl)CCc1ccc(C(C)(C)C)cc1. The molecular formula is C14H21Cl. The highest BCUT2D eigenvalue weighted by Gasteiger charge is 2.12. The van der Waals surface area contributed by atoms with E-state index in [1.165, 1.54) is 11.1 Å². The quantitative estimate of drug-likeness (QED) is 0.662. The van der Waals surface area contributed by atoms with Crippen molar-refractivity contribution in [3.63, 3.8) is 0 Å². The van der Waals surface area contributed by atoms with E-state index < -0.39 is 0 Å². The molecule has 1 heteroatoms. The summed E-state index contributed by atoms with van der Waals surface area (Å²) >= 11 is 5.93. The number of rotatable bonds is 3. The molecule has 1 aromatic rings. The summed E-state index contributed by atoms with van der Waals surface area (Å²) < 4.78 is 0. The van der Waals surface area contributed by atoms with Crippen LogP contribution in [-0.2, 0) is 11.8 Å². The van der Waals surface area contributed by atoms with Gasteiger partial charge in [0.1, 0.15) is 0 Å². The van der Waals surface area contributed by atoms with Crippen LogP contribution in [0, 0.1) is 0 Å². The van der Waals surface area contributed by atoms with Crippen LogP contribution in [0.4, 0.5) is 0 Å². The van der Waals surface area contributed by atoms with E-state index in [-0.39, 0.29) is 10.8 Å². The Labute approximate surface area is 98.7 Å². The molecule has 0 radical (unpaired) electrons. The van der Waals surface area contributed by atoms with Gasteiger partial charge in [-0.3, -0.25) is 0 Å². The lowest BCUT2D eigenvalue weighted by Crippen LogP contribution is -2.10. The van der Waals surface area contributed by atoms with E-state index in [1.54, 1.807) is 0 Å². The van der Waals surface area contributed by atoms with Gasteiger partial charge in [-0.25, -0.2) is 0 Å². The summed E-state index contributed by atoms with van der Waals surface area (Å²) in [6, 6.07) is 8.90. The molecule has 84 valence electrons. The van der Waals surface area contributed by atoms with E-state index in [0.29, 0.717) is 0 Å². The number of benzene rings is 1. The van der Waals surface area contributed by atoms with Gasteiger partial charge in [0.05, 0.1) is 0 Å². The van der Waals surface area contributed by atoms with E-state index in [1.807, 2.05) is 6.92 Å². The van der Waals surface area contributed by atoms with Gasteiger partial charge >= 0.3 is 0 Å². The minimum atomic E-state index is 0.248. The van der Waals surface area contributed by atoms with Crippen LogP contribution in [0.1, 0.15) is 45.2 Å². The molecule has 1 atom stereocenters. The Kier molecular flexibility index (Phi) is 4.21. The van der Waals surface area contributed by atoms with Gasteiger partial charge < -0.3 is 0 Å². The Bertz CT molecular complexity index is 290. The first kappa shape index (κ1) is 12.6. The lowest BCUT2D eigenvalue weighted by molar-refractivity contribution is 0.590. The normalized spacial score (nSPS) is 13.9. The summed E-state index contributed by atoms with van der Waals surface area (Å²) in [6.07, 6.45) is 2.13. The van der Waals surface area contributed by atoms with Gasteiger partial charge in [0, 0.05) is 5.38 Å². The summed E-state index contributed by atoms with van der Waals surface area (Å²) in [7, 11) is 0. The molecule has 0 spiro atoms. The van der Waals surface area contributed by atoms with Crippen LogP contribution in [0.2, 0.25) is 0 Å². The van der Waals surface area contributed by atoms with E-state index in [4.69, 9.17) is 11.6 Å². The maximum Gasteiger partial charge on any atom is 0.0311 e. The lowest BCUT2D eigenvalue weighted by Gasteiger charge is -2.19. The van der Waals surface area contributed by atoms with Crippen LogP contribution < -0.4 is 0 Å². The van der Waals surface area contributed by atoms with Gasteiger partial charge in [-0.15, -0.1) is 11.6 Å². The van der Waals surface area contributed by atoms with E-state index in [0.717, 1.165) is 12.8 Å². The zero-order chi connectivity index (χ0) is 11.5. The minimum Gasteiger partial charge on any atom is -0.123 e. The number of halogens is 1. The van der Waals surface area contributed by atoms with Crippen molar-refractivity contribution < 1.29 is 0 Å². The van der Waals surface area contributed by atoms with Crippen molar-refractivity contribution in [2.45, 2.75) is 51.3 Å². The third-order valence-corrected chi connectivity index (χ3v) is 2.87. The number of alkyl halides is 1. The van der Waals surface area contributed by atoms with Crippen molar-refractivity contribution in [2.75, 3.05) is 0 Å². The van der Waals surface area contributed by atoms with Crippen molar-refractivity contribution in [1.29, 1.82) is 0 Å². The van der Waals surface area contributed by atoms with Gasteiger partial charge in [0.2, 0.25) is 0 Å². The fourth-order valence-electron chi connectivity index (χ4n) is 1.54. The predicted octanol–water partition coefficient (Wildman–Crippen LogP) is 4.54. The molecule has 0 heterocycles. The fourth-order valence-corrected chi connectivity index (χ4v) is 1.65.